The van der Waals surface area contributed by atoms with E-state index in [4.69, 9.17) is 4.42 Å². The molecule has 0 radical (unpaired) electrons. The van der Waals surface area contributed by atoms with Crippen LogP contribution in [0.5, 0.6) is 0 Å². The summed E-state index contributed by atoms with van der Waals surface area (Å²) in [5.41, 5.74) is 1.86. The lowest BCUT2D eigenvalue weighted by atomic mass is 10.1. The van der Waals surface area contributed by atoms with Crippen molar-refractivity contribution in [3.8, 4) is 0 Å². The third-order valence-corrected chi connectivity index (χ3v) is 1.97. The topological polar surface area (TPSA) is 63.1 Å². The van der Waals surface area contributed by atoms with E-state index >= 15 is 0 Å². The number of ketones is 1. The lowest BCUT2D eigenvalue weighted by molar-refractivity contribution is -0.116. The SMILES string of the molecule is CC(=O)Cc1cccc2[nH]c(=O)oc12. The molecular weight excluding hydrogens is 182 g/mol. The molecule has 1 aromatic heterocycles. The number of fused-ring (bicyclic) bond motifs is 1. The average Bonchev–Trinajstić information content (AvgIpc) is 2.45. The highest BCUT2D eigenvalue weighted by Gasteiger charge is 2.07. The van der Waals surface area contributed by atoms with E-state index in [1.807, 2.05) is 0 Å². The smallest absolute Gasteiger partial charge is 0.408 e. The van der Waals surface area contributed by atoms with Gasteiger partial charge in [0.25, 0.3) is 0 Å². The molecule has 0 fully saturated rings. The fraction of sp³-hybridized carbons (Fsp3) is 0.200. The van der Waals surface area contributed by atoms with Crippen molar-refractivity contribution in [3.05, 3.63) is 34.3 Å². The number of oxazole rings is 1. The first-order valence-electron chi connectivity index (χ1n) is 4.27. The molecule has 72 valence electrons. The molecule has 0 spiro atoms. The first kappa shape index (κ1) is 8.74. The fourth-order valence-corrected chi connectivity index (χ4v) is 1.44. The summed E-state index contributed by atoms with van der Waals surface area (Å²) in [4.78, 5) is 24.4. The van der Waals surface area contributed by atoms with Crippen molar-refractivity contribution in [3.63, 3.8) is 0 Å². The van der Waals surface area contributed by atoms with Crippen molar-refractivity contribution in [1.82, 2.24) is 4.98 Å². The van der Waals surface area contributed by atoms with Crippen LogP contribution in [0, 0.1) is 0 Å². The molecule has 0 aliphatic heterocycles. The molecular formula is C10H9NO3. The first-order valence-corrected chi connectivity index (χ1v) is 4.27. The Balaban J connectivity index is 2.64. The molecule has 0 aliphatic rings. The summed E-state index contributed by atoms with van der Waals surface area (Å²) in [5.74, 6) is -0.447. The number of Topliss-reactive ketones (excluding diaryl/α,β-unsaturated/α-hetero) is 1. The number of carbonyl (C=O) groups is 1. The quantitative estimate of drug-likeness (QED) is 0.777. The number of hydrogen-bond acceptors (Lipinski definition) is 3. The maximum atomic E-state index is 10.9. The van der Waals surface area contributed by atoms with E-state index in [2.05, 4.69) is 4.98 Å². The third-order valence-electron chi connectivity index (χ3n) is 1.97. The van der Waals surface area contributed by atoms with E-state index in [1.54, 1.807) is 18.2 Å². The van der Waals surface area contributed by atoms with Gasteiger partial charge in [-0.25, -0.2) is 4.79 Å². The molecule has 0 atom stereocenters. The third kappa shape index (κ3) is 1.46. The second-order valence-corrected chi connectivity index (χ2v) is 3.19. The normalized spacial score (nSPS) is 10.6. The van der Waals surface area contributed by atoms with Gasteiger partial charge in [0.2, 0.25) is 0 Å². The van der Waals surface area contributed by atoms with Crippen LogP contribution in [0.1, 0.15) is 12.5 Å². The molecule has 0 bridgehead atoms. The van der Waals surface area contributed by atoms with Gasteiger partial charge >= 0.3 is 5.76 Å². The number of hydrogen-bond donors (Lipinski definition) is 1. The van der Waals surface area contributed by atoms with Crippen LogP contribution >= 0.6 is 0 Å². The minimum absolute atomic E-state index is 0.0429. The van der Waals surface area contributed by atoms with E-state index in [0.717, 1.165) is 5.56 Å². The molecule has 2 rings (SSSR count). The molecule has 4 heteroatoms. The number of rotatable bonds is 2. The van der Waals surface area contributed by atoms with E-state index in [1.165, 1.54) is 6.92 Å². The summed E-state index contributed by atoms with van der Waals surface area (Å²) in [6.07, 6.45) is 0.290. The Hall–Kier alpha value is -1.84. The molecule has 0 amide bonds. The molecule has 1 aromatic carbocycles. The summed E-state index contributed by atoms with van der Waals surface area (Å²) in [7, 11) is 0. The summed E-state index contributed by atoms with van der Waals surface area (Å²) in [6.45, 7) is 1.50. The van der Waals surface area contributed by atoms with Gasteiger partial charge in [-0.2, -0.15) is 0 Å². The highest BCUT2D eigenvalue weighted by molar-refractivity contribution is 5.84. The van der Waals surface area contributed by atoms with Crippen LogP contribution in [-0.2, 0) is 11.2 Å². The van der Waals surface area contributed by atoms with E-state index < -0.39 is 5.76 Å². The van der Waals surface area contributed by atoms with Crippen molar-refractivity contribution < 1.29 is 9.21 Å². The van der Waals surface area contributed by atoms with Crippen molar-refractivity contribution in [2.24, 2.45) is 0 Å². The number of carbonyl (C=O) groups excluding carboxylic acids is 1. The Bertz CT molecular complexity index is 536. The van der Waals surface area contributed by atoms with Gasteiger partial charge in [-0.3, -0.25) is 9.78 Å². The van der Waals surface area contributed by atoms with Gasteiger partial charge in [-0.05, 0) is 13.0 Å². The monoisotopic (exact) mass is 191 g/mol. The van der Waals surface area contributed by atoms with Crippen LogP contribution in [0.2, 0.25) is 0 Å². The van der Waals surface area contributed by atoms with Crippen LogP contribution in [-0.4, -0.2) is 10.8 Å². The van der Waals surface area contributed by atoms with Crippen LogP contribution < -0.4 is 5.76 Å². The molecule has 1 N–H and O–H groups in total. The van der Waals surface area contributed by atoms with E-state index in [-0.39, 0.29) is 12.2 Å². The van der Waals surface area contributed by atoms with Gasteiger partial charge in [0, 0.05) is 12.0 Å². The second-order valence-electron chi connectivity index (χ2n) is 3.19. The largest absolute Gasteiger partial charge is 0.417 e. The Morgan fingerprint density at radius 3 is 3.00 bits per heavy atom. The number of nitrogens with one attached hydrogen (secondary N) is 1. The van der Waals surface area contributed by atoms with Crippen molar-refractivity contribution >= 4 is 16.9 Å². The Kier molecular flexibility index (Phi) is 1.96. The molecule has 4 nitrogen and oxygen atoms in total. The van der Waals surface area contributed by atoms with Crippen LogP contribution in [0.4, 0.5) is 0 Å². The average molecular weight is 191 g/mol. The molecule has 0 saturated heterocycles. The lowest BCUT2D eigenvalue weighted by Gasteiger charge is -1.96. The van der Waals surface area contributed by atoms with Gasteiger partial charge in [0.1, 0.15) is 5.78 Å². The Labute approximate surface area is 79.5 Å². The van der Waals surface area contributed by atoms with Crippen LogP contribution in [0.15, 0.2) is 27.4 Å². The Morgan fingerprint density at radius 1 is 1.50 bits per heavy atom. The zero-order chi connectivity index (χ0) is 10.1. The van der Waals surface area contributed by atoms with Crippen molar-refractivity contribution in [2.45, 2.75) is 13.3 Å². The molecule has 0 saturated carbocycles. The summed E-state index contributed by atoms with van der Waals surface area (Å²) in [5, 5.41) is 0. The maximum Gasteiger partial charge on any atom is 0.417 e. The molecule has 0 unspecified atom stereocenters. The van der Waals surface area contributed by atoms with E-state index in [9.17, 15) is 9.59 Å². The van der Waals surface area contributed by atoms with Gasteiger partial charge in [0.05, 0.1) is 5.52 Å². The fourth-order valence-electron chi connectivity index (χ4n) is 1.44. The molecule has 2 aromatic rings. The van der Waals surface area contributed by atoms with Gasteiger partial charge in [-0.1, -0.05) is 12.1 Å². The minimum atomic E-state index is -0.490. The number of aromatic amines is 1. The van der Waals surface area contributed by atoms with Crippen LogP contribution in [0.3, 0.4) is 0 Å². The van der Waals surface area contributed by atoms with Gasteiger partial charge < -0.3 is 4.42 Å². The first-order chi connectivity index (χ1) is 6.66. The maximum absolute atomic E-state index is 10.9. The highest BCUT2D eigenvalue weighted by Crippen LogP contribution is 2.15. The molecule has 0 aliphatic carbocycles. The number of benzene rings is 1. The summed E-state index contributed by atoms with van der Waals surface area (Å²) >= 11 is 0. The Morgan fingerprint density at radius 2 is 2.29 bits per heavy atom. The van der Waals surface area contributed by atoms with Gasteiger partial charge in [0.15, 0.2) is 5.58 Å². The van der Waals surface area contributed by atoms with Crippen molar-refractivity contribution in [2.75, 3.05) is 0 Å². The van der Waals surface area contributed by atoms with Crippen LogP contribution in [0.25, 0.3) is 11.1 Å². The number of para-hydroxylation sites is 1. The van der Waals surface area contributed by atoms with Crippen molar-refractivity contribution in [1.29, 1.82) is 0 Å². The zero-order valence-corrected chi connectivity index (χ0v) is 7.66. The van der Waals surface area contributed by atoms with E-state index in [0.29, 0.717) is 11.1 Å². The standard InChI is InChI=1S/C10H9NO3/c1-6(12)5-7-3-2-4-8-9(7)14-10(13)11-8/h2-4H,5H2,1H3,(H,11,13). The molecule has 14 heavy (non-hydrogen) atoms. The highest BCUT2D eigenvalue weighted by atomic mass is 16.4. The number of H-pyrrole nitrogens is 1. The lowest BCUT2D eigenvalue weighted by Crippen LogP contribution is -1.96. The molecule has 1 heterocycles. The predicted molar refractivity (Wildman–Crippen MR) is 51.2 cm³/mol. The zero-order valence-electron chi connectivity index (χ0n) is 7.66. The summed E-state index contributed by atoms with van der Waals surface area (Å²) in [6, 6.07) is 5.30. The predicted octanol–water partition coefficient (Wildman–Crippen LogP) is 1.25. The van der Waals surface area contributed by atoms with Gasteiger partial charge in [-0.15, -0.1) is 0 Å². The summed E-state index contributed by atoms with van der Waals surface area (Å²) < 4.78 is 4.94. The second kappa shape index (κ2) is 3.14. The minimum Gasteiger partial charge on any atom is -0.408 e. The number of aromatic nitrogens is 1.